The molecule has 1 heterocycles. The van der Waals surface area contributed by atoms with Crippen LogP contribution in [0.15, 0.2) is 24.3 Å². The first-order chi connectivity index (χ1) is 12.8. The van der Waals surface area contributed by atoms with Gasteiger partial charge in [0.1, 0.15) is 5.60 Å². The van der Waals surface area contributed by atoms with Crippen LogP contribution in [0.4, 0.5) is 18.0 Å². The number of carbonyl (C=O) groups excluding carboxylic acids is 1. The number of benzene rings is 1. The standard InChI is InChI=1S/C20H30F3N3O2/c1-13-11-26(14(2)15-6-8-16(9-7-15)20(21,22)23)17(10-24)12-25(13)18(27)28-19(3,4)5/h6-9,13-14,17H,10-12,24H2,1-5H3/t13-,14?,17+/m0/s1. The van der Waals surface area contributed by atoms with Crippen LogP contribution in [0.5, 0.6) is 0 Å². The molecule has 2 N–H and O–H groups in total. The predicted octanol–water partition coefficient (Wildman–Crippen LogP) is 4.03. The molecule has 0 aromatic heterocycles. The van der Waals surface area contributed by atoms with Crippen LogP contribution in [0.2, 0.25) is 0 Å². The van der Waals surface area contributed by atoms with Gasteiger partial charge in [0.15, 0.2) is 0 Å². The molecular formula is C20H30F3N3O2. The van der Waals surface area contributed by atoms with Crippen molar-refractivity contribution in [3.8, 4) is 0 Å². The molecule has 0 radical (unpaired) electrons. The van der Waals surface area contributed by atoms with Gasteiger partial charge in [-0.3, -0.25) is 4.90 Å². The molecular weight excluding hydrogens is 371 g/mol. The average Bonchev–Trinajstić information content (AvgIpc) is 2.58. The van der Waals surface area contributed by atoms with E-state index in [2.05, 4.69) is 4.90 Å². The van der Waals surface area contributed by atoms with E-state index in [-0.39, 0.29) is 24.2 Å². The van der Waals surface area contributed by atoms with Crippen molar-refractivity contribution in [2.24, 2.45) is 5.73 Å². The van der Waals surface area contributed by atoms with E-state index in [0.29, 0.717) is 19.6 Å². The molecule has 1 fully saturated rings. The highest BCUT2D eigenvalue weighted by Crippen LogP contribution is 2.32. The Kier molecular flexibility index (Phi) is 6.66. The number of carbonyl (C=O) groups is 1. The minimum atomic E-state index is -4.35. The number of nitrogens with two attached hydrogens (primary N) is 1. The summed E-state index contributed by atoms with van der Waals surface area (Å²) in [6.07, 6.45) is -4.73. The maximum absolute atomic E-state index is 12.8. The summed E-state index contributed by atoms with van der Waals surface area (Å²) < 4.78 is 43.9. The highest BCUT2D eigenvalue weighted by molar-refractivity contribution is 5.68. The number of ether oxygens (including phenoxy) is 1. The molecule has 1 aliphatic heterocycles. The Morgan fingerprint density at radius 2 is 1.79 bits per heavy atom. The fourth-order valence-electron chi connectivity index (χ4n) is 3.47. The molecule has 158 valence electrons. The fourth-order valence-corrected chi connectivity index (χ4v) is 3.47. The lowest BCUT2D eigenvalue weighted by Crippen LogP contribution is -2.61. The molecule has 1 aromatic rings. The van der Waals surface area contributed by atoms with Gasteiger partial charge in [-0.05, 0) is 52.3 Å². The zero-order chi connectivity index (χ0) is 21.3. The first kappa shape index (κ1) is 22.5. The largest absolute Gasteiger partial charge is 0.444 e. The lowest BCUT2D eigenvalue weighted by molar-refractivity contribution is -0.137. The molecule has 1 aliphatic rings. The van der Waals surface area contributed by atoms with Crippen molar-refractivity contribution in [1.82, 2.24) is 9.80 Å². The van der Waals surface area contributed by atoms with Gasteiger partial charge in [-0.1, -0.05) is 12.1 Å². The van der Waals surface area contributed by atoms with Crippen molar-refractivity contribution in [2.75, 3.05) is 19.6 Å². The van der Waals surface area contributed by atoms with Gasteiger partial charge in [0.05, 0.1) is 5.56 Å². The molecule has 2 rings (SSSR count). The van der Waals surface area contributed by atoms with Crippen molar-refractivity contribution in [1.29, 1.82) is 0 Å². The maximum atomic E-state index is 12.8. The van der Waals surface area contributed by atoms with Gasteiger partial charge >= 0.3 is 12.3 Å². The highest BCUT2D eigenvalue weighted by Gasteiger charge is 2.38. The molecule has 28 heavy (non-hydrogen) atoms. The predicted molar refractivity (Wildman–Crippen MR) is 102 cm³/mol. The first-order valence-corrected chi connectivity index (χ1v) is 9.46. The minimum absolute atomic E-state index is 0.102. The van der Waals surface area contributed by atoms with Gasteiger partial charge in [0.25, 0.3) is 0 Å². The molecule has 1 unspecified atom stereocenters. The van der Waals surface area contributed by atoms with Gasteiger partial charge in [-0.2, -0.15) is 13.2 Å². The summed E-state index contributed by atoms with van der Waals surface area (Å²) in [5.74, 6) is 0. The lowest BCUT2D eigenvalue weighted by atomic mass is 9.99. The van der Waals surface area contributed by atoms with Crippen LogP contribution in [-0.2, 0) is 10.9 Å². The summed E-state index contributed by atoms with van der Waals surface area (Å²) in [5, 5.41) is 0. The quantitative estimate of drug-likeness (QED) is 0.831. The molecule has 5 nitrogen and oxygen atoms in total. The Morgan fingerprint density at radius 1 is 1.21 bits per heavy atom. The summed E-state index contributed by atoms with van der Waals surface area (Å²) in [4.78, 5) is 16.3. The highest BCUT2D eigenvalue weighted by atomic mass is 19.4. The second-order valence-electron chi connectivity index (χ2n) is 8.36. The van der Waals surface area contributed by atoms with Gasteiger partial charge in [-0.25, -0.2) is 4.79 Å². The topological polar surface area (TPSA) is 58.8 Å². The summed E-state index contributed by atoms with van der Waals surface area (Å²) in [6.45, 7) is 10.6. The molecule has 1 aromatic carbocycles. The summed E-state index contributed by atoms with van der Waals surface area (Å²) in [7, 11) is 0. The number of piperazine rings is 1. The normalized spacial score (nSPS) is 22.8. The van der Waals surface area contributed by atoms with E-state index in [9.17, 15) is 18.0 Å². The monoisotopic (exact) mass is 401 g/mol. The van der Waals surface area contributed by atoms with Gasteiger partial charge in [0, 0.05) is 37.8 Å². The molecule has 1 amide bonds. The zero-order valence-electron chi connectivity index (χ0n) is 17.1. The molecule has 1 saturated heterocycles. The van der Waals surface area contributed by atoms with Gasteiger partial charge in [0.2, 0.25) is 0 Å². The Hall–Kier alpha value is -1.80. The number of hydrogen-bond donors (Lipinski definition) is 1. The molecule has 0 saturated carbocycles. The number of amides is 1. The number of alkyl halides is 3. The third-order valence-electron chi connectivity index (χ3n) is 5.00. The van der Waals surface area contributed by atoms with E-state index in [1.54, 1.807) is 4.90 Å². The molecule has 0 aliphatic carbocycles. The SMILES string of the molecule is CC(c1ccc(C(F)(F)F)cc1)N1C[C@H](C)N(C(=O)OC(C)(C)C)C[C@H]1CN. The van der Waals surface area contributed by atoms with Crippen molar-refractivity contribution in [3.63, 3.8) is 0 Å². The van der Waals surface area contributed by atoms with Crippen molar-refractivity contribution >= 4 is 6.09 Å². The van der Waals surface area contributed by atoms with Crippen LogP contribution >= 0.6 is 0 Å². The molecule has 3 atom stereocenters. The molecule has 0 spiro atoms. The van der Waals surface area contributed by atoms with E-state index in [4.69, 9.17) is 10.5 Å². The summed E-state index contributed by atoms with van der Waals surface area (Å²) in [5.41, 5.74) is 5.49. The van der Waals surface area contributed by atoms with Gasteiger partial charge in [-0.15, -0.1) is 0 Å². The van der Waals surface area contributed by atoms with Crippen LogP contribution in [-0.4, -0.2) is 53.2 Å². The number of nitrogens with zero attached hydrogens (tertiary/aromatic N) is 2. The van der Waals surface area contributed by atoms with E-state index in [1.165, 1.54) is 12.1 Å². The smallest absolute Gasteiger partial charge is 0.416 e. The molecule has 0 bridgehead atoms. The summed E-state index contributed by atoms with van der Waals surface area (Å²) >= 11 is 0. The van der Waals surface area contributed by atoms with Crippen molar-refractivity contribution < 1.29 is 22.7 Å². The van der Waals surface area contributed by atoms with Crippen molar-refractivity contribution in [3.05, 3.63) is 35.4 Å². The molecule has 8 heteroatoms. The van der Waals surface area contributed by atoms with Crippen molar-refractivity contribution in [2.45, 2.75) is 64.5 Å². The average molecular weight is 401 g/mol. The Morgan fingerprint density at radius 3 is 2.25 bits per heavy atom. The zero-order valence-corrected chi connectivity index (χ0v) is 17.1. The second-order valence-corrected chi connectivity index (χ2v) is 8.36. The third kappa shape index (κ3) is 5.38. The third-order valence-corrected chi connectivity index (χ3v) is 5.00. The van der Waals surface area contributed by atoms with Crippen LogP contribution in [0.1, 0.15) is 51.8 Å². The Labute approximate surface area is 164 Å². The second kappa shape index (κ2) is 8.29. The van der Waals surface area contributed by atoms with E-state index < -0.39 is 17.3 Å². The Bertz CT molecular complexity index is 671. The van der Waals surface area contributed by atoms with Crippen LogP contribution in [0, 0.1) is 0 Å². The maximum Gasteiger partial charge on any atom is 0.416 e. The number of halogens is 3. The van der Waals surface area contributed by atoms with Crippen LogP contribution < -0.4 is 5.73 Å². The fraction of sp³-hybridized carbons (Fsp3) is 0.650. The van der Waals surface area contributed by atoms with E-state index in [1.807, 2.05) is 34.6 Å². The number of rotatable bonds is 3. The Balaban J connectivity index is 2.15. The van der Waals surface area contributed by atoms with Gasteiger partial charge < -0.3 is 15.4 Å². The van der Waals surface area contributed by atoms with Crippen LogP contribution in [0.3, 0.4) is 0 Å². The lowest BCUT2D eigenvalue weighted by Gasteiger charge is -2.47. The first-order valence-electron chi connectivity index (χ1n) is 9.46. The van der Waals surface area contributed by atoms with E-state index in [0.717, 1.165) is 17.7 Å². The minimum Gasteiger partial charge on any atom is -0.444 e. The number of hydrogen-bond acceptors (Lipinski definition) is 4. The van der Waals surface area contributed by atoms with Crippen LogP contribution in [0.25, 0.3) is 0 Å². The summed E-state index contributed by atoms with van der Waals surface area (Å²) in [6, 6.07) is 4.88. The van der Waals surface area contributed by atoms with E-state index >= 15 is 0 Å².